The summed E-state index contributed by atoms with van der Waals surface area (Å²) in [4.78, 5) is 12.7. The first kappa shape index (κ1) is 21.0. The number of carboxylic acid groups (broad SMARTS) is 1. The summed E-state index contributed by atoms with van der Waals surface area (Å²) in [6.45, 7) is 4.63. The summed E-state index contributed by atoms with van der Waals surface area (Å²) < 4.78 is 31.6. The monoisotopic (exact) mass is 453 g/mol. The van der Waals surface area contributed by atoms with Crippen LogP contribution in [0.25, 0.3) is 28.2 Å². The van der Waals surface area contributed by atoms with Gasteiger partial charge in [0.05, 0.1) is 11.7 Å². The molecular weight excluding hydrogens is 432 g/mol. The Balaban J connectivity index is 1.65. The molecule has 0 saturated carbocycles. The van der Waals surface area contributed by atoms with Crippen molar-refractivity contribution in [3.05, 3.63) is 54.0 Å². The van der Waals surface area contributed by atoms with Crippen molar-refractivity contribution in [3.63, 3.8) is 0 Å². The fourth-order valence-corrected chi connectivity index (χ4v) is 4.09. The van der Waals surface area contributed by atoms with E-state index >= 15 is 0 Å². The molecule has 3 aromatic heterocycles. The minimum Gasteiger partial charge on any atom is -0.465 e. The minimum absolute atomic E-state index is 0.0833. The minimum atomic E-state index is -0.990. The highest BCUT2D eigenvalue weighted by Crippen LogP contribution is 2.34. The van der Waals surface area contributed by atoms with Crippen molar-refractivity contribution in [2.24, 2.45) is 0 Å². The van der Waals surface area contributed by atoms with Gasteiger partial charge < -0.3 is 10.0 Å². The summed E-state index contributed by atoms with van der Waals surface area (Å²) in [5.74, 6) is -0.661. The molecule has 1 unspecified atom stereocenters. The van der Waals surface area contributed by atoms with Crippen LogP contribution in [-0.4, -0.2) is 58.8 Å². The molecule has 1 N–H and O–H groups in total. The molecule has 5 rings (SSSR count). The van der Waals surface area contributed by atoms with Crippen LogP contribution in [0.3, 0.4) is 0 Å². The Morgan fingerprint density at radius 3 is 2.64 bits per heavy atom. The second kappa shape index (κ2) is 7.91. The van der Waals surface area contributed by atoms with E-state index in [9.17, 15) is 18.7 Å². The third-order valence-corrected chi connectivity index (χ3v) is 5.81. The number of halogens is 2. The van der Waals surface area contributed by atoms with Gasteiger partial charge in [0, 0.05) is 42.4 Å². The first-order chi connectivity index (χ1) is 15.8. The fraction of sp³-hybridized carbons (Fsp3) is 0.318. The molecule has 4 heterocycles. The third kappa shape index (κ3) is 3.69. The number of hydrogen-bond acceptors (Lipinski definition) is 5. The summed E-state index contributed by atoms with van der Waals surface area (Å²) in [5.41, 5.74) is 2.07. The summed E-state index contributed by atoms with van der Waals surface area (Å²) in [7, 11) is 0. The molecule has 1 aromatic carbocycles. The van der Waals surface area contributed by atoms with Crippen LogP contribution in [0.4, 0.5) is 13.6 Å². The average molecular weight is 453 g/mol. The molecule has 1 aliphatic rings. The molecule has 1 amide bonds. The molecule has 1 aliphatic heterocycles. The summed E-state index contributed by atoms with van der Waals surface area (Å²) in [6.07, 6.45) is 1.33. The maximum atomic E-state index is 14.7. The Morgan fingerprint density at radius 2 is 1.94 bits per heavy atom. The normalized spacial score (nSPS) is 16.3. The lowest BCUT2D eigenvalue weighted by atomic mass is 10.1. The van der Waals surface area contributed by atoms with E-state index < -0.39 is 17.7 Å². The SMILES string of the molecule is CC(C)c1nnc2ccc(-c3cn(C4CCN(C(=O)O)C4)nc3-c3ccc(F)cc3F)nn12. The lowest BCUT2D eigenvalue weighted by Gasteiger charge is -2.12. The van der Waals surface area contributed by atoms with Crippen LogP contribution in [0.1, 0.15) is 38.1 Å². The lowest BCUT2D eigenvalue weighted by molar-refractivity contribution is 0.154. The number of likely N-dealkylation sites (tertiary alicyclic amines) is 1. The van der Waals surface area contributed by atoms with Gasteiger partial charge in [0.1, 0.15) is 17.3 Å². The van der Waals surface area contributed by atoms with E-state index in [1.54, 1.807) is 27.5 Å². The van der Waals surface area contributed by atoms with E-state index in [4.69, 9.17) is 0 Å². The van der Waals surface area contributed by atoms with Crippen molar-refractivity contribution in [2.75, 3.05) is 13.1 Å². The Labute approximate surface area is 187 Å². The van der Waals surface area contributed by atoms with Crippen LogP contribution in [0.15, 0.2) is 36.5 Å². The van der Waals surface area contributed by atoms with Crippen molar-refractivity contribution >= 4 is 11.7 Å². The van der Waals surface area contributed by atoms with Gasteiger partial charge in [-0.1, -0.05) is 13.8 Å². The average Bonchev–Trinajstić information content (AvgIpc) is 3.50. The van der Waals surface area contributed by atoms with Gasteiger partial charge in [-0.2, -0.15) is 14.7 Å². The van der Waals surface area contributed by atoms with E-state index in [2.05, 4.69) is 20.4 Å². The first-order valence-corrected chi connectivity index (χ1v) is 10.6. The molecule has 1 saturated heterocycles. The Kier molecular flexibility index (Phi) is 5.03. The molecule has 33 heavy (non-hydrogen) atoms. The summed E-state index contributed by atoms with van der Waals surface area (Å²) >= 11 is 0. The van der Waals surface area contributed by atoms with Crippen molar-refractivity contribution in [1.82, 2.24) is 34.5 Å². The molecule has 1 fully saturated rings. The van der Waals surface area contributed by atoms with Crippen molar-refractivity contribution in [1.29, 1.82) is 0 Å². The molecule has 1 atom stereocenters. The zero-order valence-electron chi connectivity index (χ0n) is 18.0. The molecule has 0 spiro atoms. The number of fused-ring (bicyclic) bond motifs is 1. The second-order valence-electron chi connectivity index (χ2n) is 8.37. The molecular formula is C22H21F2N7O2. The molecule has 170 valence electrons. The molecule has 0 radical (unpaired) electrons. The Morgan fingerprint density at radius 1 is 1.12 bits per heavy atom. The quantitative estimate of drug-likeness (QED) is 0.502. The van der Waals surface area contributed by atoms with Crippen molar-refractivity contribution in [3.8, 4) is 22.5 Å². The molecule has 0 aliphatic carbocycles. The Hall–Kier alpha value is -3.89. The van der Waals surface area contributed by atoms with Gasteiger partial charge in [0.2, 0.25) is 0 Å². The maximum Gasteiger partial charge on any atom is 0.407 e. The number of amides is 1. The van der Waals surface area contributed by atoms with Gasteiger partial charge in [-0.15, -0.1) is 10.2 Å². The van der Waals surface area contributed by atoms with E-state index in [0.717, 1.165) is 6.07 Å². The number of carbonyl (C=O) groups is 1. The van der Waals surface area contributed by atoms with Gasteiger partial charge in [-0.05, 0) is 30.7 Å². The van der Waals surface area contributed by atoms with Gasteiger partial charge in [0.15, 0.2) is 11.5 Å². The van der Waals surface area contributed by atoms with Crippen LogP contribution in [0.2, 0.25) is 0 Å². The van der Waals surface area contributed by atoms with Crippen molar-refractivity contribution < 1.29 is 18.7 Å². The summed E-state index contributed by atoms with van der Waals surface area (Å²) in [5, 5.41) is 26.9. The molecule has 4 aromatic rings. The zero-order valence-corrected chi connectivity index (χ0v) is 18.0. The van der Waals surface area contributed by atoms with Crippen LogP contribution >= 0.6 is 0 Å². The number of hydrogen-bond donors (Lipinski definition) is 1. The fourth-order valence-electron chi connectivity index (χ4n) is 4.09. The predicted molar refractivity (Wildman–Crippen MR) is 115 cm³/mol. The van der Waals surface area contributed by atoms with Gasteiger partial charge in [-0.3, -0.25) is 4.68 Å². The molecule has 11 heteroatoms. The zero-order chi connectivity index (χ0) is 23.3. The van der Waals surface area contributed by atoms with Crippen LogP contribution in [0, 0.1) is 11.6 Å². The van der Waals surface area contributed by atoms with Crippen LogP contribution in [0.5, 0.6) is 0 Å². The highest BCUT2D eigenvalue weighted by molar-refractivity contribution is 5.79. The van der Waals surface area contributed by atoms with Gasteiger partial charge in [0.25, 0.3) is 0 Å². The highest BCUT2D eigenvalue weighted by atomic mass is 19.1. The maximum absolute atomic E-state index is 14.7. The van der Waals surface area contributed by atoms with E-state index in [1.807, 2.05) is 13.8 Å². The molecule has 0 bridgehead atoms. The van der Waals surface area contributed by atoms with E-state index in [-0.39, 0.29) is 24.1 Å². The molecule has 9 nitrogen and oxygen atoms in total. The van der Waals surface area contributed by atoms with Crippen molar-refractivity contribution in [2.45, 2.75) is 32.2 Å². The van der Waals surface area contributed by atoms with E-state index in [1.165, 1.54) is 17.0 Å². The standard InChI is InChI=1S/C22H21F2N7O2/c1-12(2)21-26-25-19-6-5-18(27-31(19)21)16-11-30(14-7-8-29(10-14)22(32)33)28-20(16)15-4-3-13(23)9-17(15)24/h3-6,9,11-12,14H,7-8,10H2,1-2H3,(H,32,33). The highest BCUT2D eigenvalue weighted by Gasteiger charge is 2.29. The third-order valence-electron chi connectivity index (χ3n) is 5.81. The van der Waals surface area contributed by atoms with Crippen LogP contribution < -0.4 is 0 Å². The van der Waals surface area contributed by atoms with Gasteiger partial charge >= 0.3 is 6.09 Å². The number of rotatable bonds is 4. The smallest absolute Gasteiger partial charge is 0.407 e. The largest absolute Gasteiger partial charge is 0.465 e. The lowest BCUT2D eigenvalue weighted by Crippen LogP contribution is -2.27. The topological polar surface area (TPSA) is 101 Å². The Bertz CT molecular complexity index is 1360. The predicted octanol–water partition coefficient (Wildman–Crippen LogP) is 3.98. The number of benzene rings is 1. The second-order valence-corrected chi connectivity index (χ2v) is 8.37. The van der Waals surface area contributed by atoms with E-state index in [0.29, 0.717) is 41.4 Å². The number of nitrogens with zero attached hydrogens (tertiary/aromatic N) is 7. The van der Waals surface area contributed by atoms with Crippen LogP contribution in [-0.2, 0) is 0 Å². The summed E-state index contributed by atoms with van der Waals surface area (Å²) in [6, 6.07) is 6.64. The van der Waals surface area contributed by atoms with Gasteiger partial charge in [-0.25, -0.2) is 13.6 Å². The first-order valence-electron chi connectivity index (χ1n) is 10.6. The number of aromatic nitrogens is 6.